The molecule has 2 aromatic carbocycles. The number of alkyl halides is 3. The van der Waals surface area contributed by atoms with Crippen molar-refractivity contribution in [1.82, 2.24) is 9.21 Å². The summed E-state index contributed by atoms with van der Waals surface area (Å²) in [5, 5.41) is 0. The summed E-state index contributed by atoms with van der Waals surface area (Å²) in [7, 11) is -3.16. The second-order valence-electron chi connectivity index (χ2n) is 10.9. The van der Waals surface area contributed by atoms with E-state index in [0.29, 0.717) is 31.5 Å². The van der Waals surface area contributed by atoms with Gasteiger partial charge in [-0.3, -0.25) is 4.90 Å². The summed E-state index contributed by atoms with van der Waals surface area (Å²) in [5.74, 6) is 0.949. The van der Waals surface area contributed by atoms with Crippen molar-refractivity contribution >= 4 is 10.0 Å². The van der Waals surface area contributed by atoms with Gasteiger partial charge in [0.25, 0.3) is 0 Å². The van der Waals surface area contributed by atoms with Crippen LogP contribution < -0.4 is 0 Å². The quantitative estimate of drug-likeness (QED) is 0.544. The van der Waals surface area contributed by atoms with Crippen LogP contribution in [0.5, 0.6) is 0 Å². The highest BCUT2D eigenvalue weighted by Crippen LogP contribution is 2.43. The Hall–Kier alpha value is -1.90. The van der Waals surface area contributed by atoms with Gasteiger partial charge in [-0.1, -0.05) is 36.4 Å². The molecular formula is C27H31F3N2O2S. The fraction of sp³-hybridized carbons (Fsp3) is 0.556. The van der Waals surface area contributed by atoms with Crippen LogP contribution in [-0.4, -0.2) is 55.6 Å². The largest absolute Gasteiger partial charge is 0.416 e. The maximum atomic E-state index is 13.3. The average Bonchev–Trinajstić information content (AvgIpc) is 3.46. The van der Waals surface area contributed by atoms with E-state index in [1.807, 2.05) is 0 Å². The third-order valence-corrected chi connectivity index (χ3v) is 10.4. The summed E-state index contributed by atoms with van der Waals surface area (Å²) < 4.78 is 66.7. The van der Waals surface area contributed by atoms with E-state index in [1.54, 1.807) is 10.4 Å². The molecule has 1 saturated carbocycles. The molecule has 0 bridgehead atoms. The number of sulfonamides is 1. The minimum atomic E-state index is -4.34. The molecule has 2 aliphatic heterocycles. The fourth-order valence-corrected chi connectivity index (χ4v) is 7.92. The number of hydrogen-bond donors (Lipinski definition) is 0. The highest BCUT2D eigenvalue weighted by Gasteiger charge is 2.42. The third-order valence-electron chi connectivity index (χ3n) is 8.39. The Bertz CT molecular complexity index is 1220. The first-order valence-corrected chi connectivity index (χ1v) is 14.3. The van der Waals surface area contributed by atoms with Gasteiger partial charge >= 0.3 is 6.18 Å². The lowest BCUT2D eigenvalue weighted by atomic mass is 9.85. The van der Waals surface area contributed by atoms with Gasteiger partial charge < -0.3 is 0 Å². The highest BCUT2D eigenvalue weighted by atomic mass is 32.2. The van der Waals surface area contributed by atoms with Crippen molar-refractivity contribution in [3.63, 3.8) is 0 Å². The van der Waals surface area contributed by atoms with Crippen LogP contribution in [0, 0.1) is 5.92 Å². The Labute approximate surface area is 205 Å². The van der Waals surface area contributed by atoms with Crippen molar-refractivity contribution in [1.29, 1.82) is 0 Å². The number of halogens is 3. The number of hydrogen-bond acceptors (Lipinski definition) is 3. The van der Waals surface area contributed by atoms with Gasteiger partial charge in [-0.15, -0.1) is 0 Å². The standard InChI is InChI=1S/C27H31F3N2O2S/c28-27(29,30)23-4-1-3-19(11-23)12-25-24-13-20(7-8-21(24)14-26(25)31-9-2-10-31)22-15-32(16-22)35(33,34)17-18-5-6-18/h1,3-4,7-8,11,13,18,22,25-26H,2,5-6,9-10,12,14-17H2. The monoisotopic (exact) mass is 504 g/mol. The molecule has 2 aromatic rings. The minimum Gasteiger partial charge on any atom is -0.299 e. The van der Waals surface area contributed by atoms with Crippen LogP contribution in [0.3, 0.4) is 0 Å². The molecule has 4 nitrogen and oxygen atoms in total. The molecule has 2 atom stereocenters. The van der Waals surface area contributed by atoms with Gasteiger partial charge in [0.2, 0.25) is 10.0 Å². The smallest absolute Gasteiger partial charge is 0.299 e. The average molecular weight is 505 g/mol. The Kier molecular flexibility index (Phi) is 5.77. The number of nitrogens with zero attached hydrogens (tertiary/aromatic N) is 2. The molecule has 35 heavy (non-hydrogen) atoms. The van der Waals surface area contributed by atoms with Crippen LogP contribution in [-0.2, 0) is 29.0 Å². The predicted octanol–water partition coefficient (Wildman–Crippen LogP) is 4.80. The maximum Gasteiger partial charge on any atom is 0.416 e. The first-order valence-electron chi connectivity index (χ1n) is 12.7. The molecule has 0 N–H and O–H groups in total. The molecule has 4 aliphatic rings. The van der Waals surface area contributed by atoms with Gasteiger partial charge in [-0.05, 0) is 79.4 Å². The lowest BCUT2D eigenvalue weighted by molar-refractivity contribution is -0.137. The van der Waals surface area contributed by atoms with Gasteiger partial charge in [0.15, 0.2) is 0 Å². The zero-order valence-corrected chi connectivity index (χ0v) is 20.5. The molecule has 0 spiro atoms. The van der Waals surface area contributed by atoms with Crippen molar-refractivity contribution in [3.05, 3.63) is 70.3 Å². The van der Waals surface area contributed by atoms with E-state index in [2.05, 4.69) is 23.1 Å². The zero-order chi connectivity index (χ0) is 24.4. The summed E-state index contributed by atoms with van der Waals surface area (Å²) in [5.41, 5.74) is 3.79. The van der Waals surface area contributed by atoms with Gasteiger partial charge in [-0.25, -0.2) is 12.7 Å². The molecular weight excluding hydrogens is 473 g/mol. The molecule has 2 saturated heterocycles. The van der Waals surface area contributed by atoms with E-state index in [4.69, 9.17) is 0 Å². The van der Waals surface area contributed by atoms with Crippen molar-refractivity contribution < 1.29 is 21.6 Å². The van der Waals surface area contributed by atoms with E-state index in [1.165, 1.54) is 29.7 Å². The second-order valence-corrected chi connectivity index (χ2v) is 12.9. The molecule has 2 aliphatic carbocycles. The molecule has 0 aromatic heterocycles. The van der Waals surface area contributed by atoms with Crippen LogP contribution in [0.15, 0.2) is 42.5 Å². The van der Waals surface area contributed by atoms with Crippen molar-refractivity contribution in [3.8, 4) is 0 Å². The predicted molar refractivity (Wildman–Crippen MR) is 129 cm³/mol. The van der Waals surface area contributed by atoms with E-state index in [-0.39, 0.29) is 17.6 Å². The minimum absolute atomic E-state index is 0.142. The molecule has 0 amide bonds. The van der Waals surface area contributed by atoms with Gasteiger partial charge in [-0.2, -0.15) is 13.2 Å². The molecule has 8 heteroatoms. The molecule has 2 unspecified atom stereocenters. The van der Waals surface area contributed by atoms with Crippen LogP contribution in [0.4, 0.5) is 13.2 Å². The first kappa shape index (κ1) is 23.5. The fourth-order valence-electron chi connectivity index (χ4n) is 5.97. The number of benzene rings is 2. The second kappa shape index (κ2) is 8.60. The SMILES string of the molecule is O=S(=O)(CC1CC1)N1CC(c2ccc3c(c2)C(Cc2cccc(C(F)(F)F)c2)C(N2CCC2)C3)C1. The Balaban J connectivity index is 1.23. The van der Waals surface area contributed by atoms with Gasteiger partial charge in [0.1, 0.15) is 0 Å². The molecule has 0 radical (unpaired) electrons. The number of rotatable bonds is 7. The number of likely N-dealkylation sites (tertiary alicyclic amines) is 1. The molecule has 3 fully saturated rings. The molecule has 6 rings (SSSR count). The van der Waals surface area contributed by atoms with E-state index in [0.717, 1.165) is 49.5 Å². The summed E-state index contributed by atoms with van der Waals surface area (Å²) in [6.45, 7) is 3.14. The van der Waals surface area contributed by atoms with Crippen LogP contribution in [0.25, 0.3) is 0 Å². The molecule has 188 valence electrons. The van der Waals surface area contributed by atoms with Crippen LogP contribution in [0.1, 0.15) is 58.9 Å². The van der Waals surface area contributed by atoms with Crippen molar-refractivity contribution in [2.75, 3.05) is 31.9 Å². The van der Waals surface area contributed by atoms with E-state index < -0.39 is 21.8 Å². The summed E-state index contributed by atoms with van der Waals surface area (Å²) in [6, 6.07) is 12.6. The van der Waals surface area contributed by atoms with Crippen molar-refractivity contribution in [2.24, 2.45) is 5.92 Å². The highest BCUT2D eigenvalue weighted by molar-refractivity contribution is 7.89. The Morgan fingerprint density at radius 2 is 1.77 bits per heavy atom. The molecule has 2 heterocycles. The zero-order valence-electron chi connectivity index (χ0n) is 19.7. The first-order chi connectivity index (χ1) is 16.7. The summed E-state index contributed by atoms with van der Waals surface area (Å²) >= 11 is 0. The topological polar surface area (TPSA) is 40.6 Å². The maximum absolute atomic E-state index is 13.3. The normalized spacial score (nSPS) is 25.8. The Morgan fingerprint density at radius 1 is 1.00 bits per heavy atom. The third kappa shape index (κ3) is 4.65. The van der Waals surface area contributed by atoms with E-state index in [9.17, 15) is 21.6 Å². The van der Waals surface area contributed by atoms with Crippen molar-refractivity contribution in [2.45, 2.75) is 56.2 Å². The summed E-state index contributed by atoms with van der Waals surface area (Å²) in [4.78, 5) is 2.47. The van der Waals surface area contributed by atoms with E-state index >= 15 is 0 Å². The lowest BCUT2D eigenvalue weighted by Crippen LogP contribution is -2.49. The van der Waals surface area contributed by atoms with Gasteiger partial charge in [0, 0.05) is 31.0 Å². The van der Waals surface area contributed by atoms with Crippen LogP contribution >= 0.6 is 0 Å². The van der Waals surface area contributed by atoms with Gasteiger partial charge in [0.05, 0.1) is 11.3 Å². The summed E-state index contributed by atoms with van der Waals surface area (Å²) in [6.07, 6.45) is 0.366. The lowest BCUT2D eigenvalue weighted by Gasteiger charge is -2.40. The Morgan fingerprint density at radius 3 is 2.43 bits per heavy atom. The van der Waals surface area contributed by atoms with Crippen LogP contribution in [0.2, 0.25) is 0 Å². The number of fused-ring (bicyclic) bond motifs is 1.